The number of amides is 1. The van der Waals surface area contributed by atoms with Crippen molar-refractivity contribution in [2.45, 2.75) is 19.8 Å². The van der Waals surface area contributed by atoms with Gasteiger partial charge in [0.05, 0.1) is 32.5 Å². The Hall–Kier alpha value is -2.34. The number of para-hydroxylation sites is 1. The summed E-state index contributed by atoms with van der Waals surface area (Å²) < 4.78 is 0. The number of rotatable bonds is 5. The summed E-state index contributed by atoms with van der Waals surface area (Å²) >= 11 is 12.2. The number of nitrogens with zero attached hydrogens (tertiary/aromatic N) is 1. The molecule has 0 bridgehead atoms. The minimum atomic E-state index is -0.394. The maximum Gasteiger partial charge on any atom is 0.258 e. The molecule has 26 heavy (non-hydrogen) atoms. The number of carbonyl (C=O) groups is 1. The molecule has 0 radical (unpaired) electrons. The van der Waals surface area contributed by atoms with E-state index in [1.165, 1.54) is 0 Å². The molecule has 5 nitrogen and oxygen atoms in total. The van der Waals surface area contributed by atoms with Gasteiger partial charge in [-0.1, -0.05) is 54.7 Å². The Kier molecular flexibility index (Phi) is 5.61. The van der Waals surface area contributed by atoms with Crippen LogP contribution in [0.2, 0.25) is 10.0 Å². The summed E-state index contributed by atoms with van der Waals surface area (Å²) in [5, 5.41) is 4.26. The minimum Gasteiger partial charge on any atom is -0.323 e. The first kappa shape index (κ1) is 18.5. The topological polar surface area (TPSA) is 80.0 Å². The summed E-state index contributed by atoms with van der Waals surface area (Å²) in [6, 6.07) is 10.5. The van der Waals surface area contributed by atoms with Crippen molar-refractivity contribution >= 4 is 51.4 Å². The van der Waals surface area contributed by atoms with Crippen LogP contribution in [-0.2, 0) is 6.42 Å². The van der Waals surface area contributed by atoms with E-state index in [0.717, 1.165) is 29.5 Å². The Morgan fingerprint density at radius 1 is 1.15 bits per heavy atom. The number of nitrogen functional groups attached to an aromatic ring is 1. The van der Waals surface area contributed by atoms with Crippen LogP contribution >= 0.6 is 23.2 Å². The molecule has 134 valence electrons. The predicted molar refractivity (Wildman–Crippen MR) is 108 cm³/mol. The SMILES string of the molecule is CCCc1cnc2c(NC(=O)c3c(Cl)cccc3Cl)cccc2c1NN. The van der Waals surface area contributed by atoms with E-state index < -0.39 is 5.91 Å². The van der Waals surface area contributed by atoms with Gasteiger partial charge in [0.1, 0.15) is 0 Å². The zero-order valence-electron chi connectivity index (χ0n) is 14.1. The summed E-state index contributed by atoms with van der Waals surface area (Å²) in [4.78, 5) is 17.2. The molecule has 0 aliphatic heterocycles. The van der Waals surface area contributed by atoms with Crippen LogP contribution in [0.15, 0.2) is 42.6 Å². The van der Waals surface area contributed by atoms with Crippen LogP contribution in [0.3, 0.4) is 0 Å². The Bertz CT molecular complexity index is 955. The second kappa shape index (κ2) is 7.91. The lowest BCUT2D eigenvalue weighted by molar-refractivity contribution is 0.102. The van der Waals surface area contributed by atoms with E-state index in [0.29, 0.717) is 11.2 Å². The number of pyridine rings is 1. The van der Waals surface area contributed by atoms with E-state index in [2.05, 4.69) is 22.7 Å². The highest BCUT2D eigenvalue weighted by molar-refractivity contribution is 6.40. The number of benzene rings is 2. The highest BCUT2D eigenvalue weighted by Crippen LogP contribution is 2.32. The monoisotopic (exact) mass is 388 g/mol. The Labute approximate surface area is 161 Å². The highest BCUT2D eigenvalue weighted by atomic mass is 35.5. The number of aryl methyl sites for hydroxylation is 1. The first-order valence-corrected chi connectivity index (χ1v) is 8.95. The average molecular weight is 389 g/mol. The number of nitrogens with two attached hydrogens (primary N) is 1. The molecule has 0 fully saturated rings. The molecular formula is C19H18Cl2N4O. The molecule has 0 saturated heterocycles. The summed E-state index contributed by atoms with van der Waals surface area (Å²) in [5.74, 6) is 5.34. The fourth-order valence-corrected chi connectivity index (χ4v) is 3.46. The summed E-state index contributed by atoms with van der Waals surface area (Å²) in [6.07, 6.45) is 3.61. The van der Waals surface area contributed by atoms with Crippen molar-refractivity contribution in [3.63, 3.8) is 0 Å². The first-order valence-electron chi connectivity index (χ1n) is 8.19. The number of hydrogen-bond acceptors (Lipinski definition) is 4. The number of fused-ring (bicyclic) bond motifs is 1. The van der Waals surface area contributed by atoms with Gasteiger partial charge in [-0.15, -0.1) is 0 Å². The van der Waals surface area contributed by atoms with Gasteiger partial charge in [0, 0.05) is 11.6 Å². The molecule has 2 aromatic carbocycles. The summed E-state index contributed by atoms with van der Waals surface area (Å²) in [5.41, 5.74) is 6.02. The second-order valence-electron chi connectivity index (χ2n) is 5.81. The molecule has 3 rings (SSSR count). The molecule has 0 spiro atoms. The van der Waals surface area contributed by atoms with Gasteiger partial charge >= 0.3 is 0 Å². The van der Waals surface area contributed by atoms with Gasteiger partial charge in [-0.25, -0.2) is 0 Å². The third-order valence-corrected chi connectivity index (χ3v) is 4.71. The Morgan fingerprint density at radius 2 is 1.85 bits per heavy atom. The van der Waals surface area contributed by atoms with Crippen molar-refractivity contribution in [1.82, 2.24) is 4.98 Å². The fourth-order valence-electron chi connectivity index (χ4n) is 2.89. The maximum atomic E-state index is 12.7. The fraction of sp³-hybridized carbons (Fsp3) is 0.158. The van der Waals surface area contributed by atoms with E-state index >= 15 is 0 Å². The minimum absolute atomic E-state index is 0.229. The third-order valence-electron chi connectivity index (χ3n) is 4.08. The molecule has 0 aliphatic rings. The molecule has 7 heteroatoms. The number of nitrogens with one attached hydrogen (secondary N) is 2. The van der Waals surface area contributed by atoms with E-state index in [1.54, 1.807) is 30.5 Å². The van der Waals surface area contributed by atoms with Crippen LogP contribution in [0.1, 0.15) is 29.3 Å². The van der Waals surface area contributed by atoms with Gasteiger partial charge < -0.3 is 10.7 Å². The van der Waals surface area contributed by atoms with E-state index in [-0.39, 0.29) is 15.6 Å². The molecule has 0 atom stereocenters. The first-order chi connectivity index (χ1) is 12.6. The number of hydrogen-bond donors (Lipinski definition) is 3. The molecule has 3 aromatic rings. The number of anilines is 2. The largest absolute Gasteiger partial charge is 0.323 e. The Balaban J connectivity index is 2.05. The molecule has 0 saturated carbocycles. The standard InChI is InChI=1S/C19H18Cl2N4O/c1-2-5-11-10-23-18-12(17(11)25-22)6-3-9-15(18)24-19(26)16-13(20)7-4-8-14(16)21/h3-4,6-10H,2,5,22H2,1H3,(H,23,25)(H,24,26). The zero-order chi connectivity index (χ0) is 18.7. The number of halogens is 2. The van der Waals surface area contributed by atoms with Gasteiger partial charge in [-0.2, -0.15) is 0 Å². The molecule has 4 N–H and O–H groups in total. The summed E-state index contributed by atoms with van der Waals surface area (Å²) in [6.45, 7) is 2.09. The Morgan fingerprint density at radius 3 is 2.50 bits per heavy atom. The van der Waals surface area contributed by atoms with Crippen LogP contribution in [0.25, 0.3) is 10.9 Å². The highest BCUT2D eigenvalue weighted by Gasteiger charge is 2.17. The quantitative estimate of drug-likeness (QED) is 0.422. The average Bonchev–Trinajstić information content (AvgIpc) is 2.62. The van der Waals surface area contributed by atoms with Gasteiger partial charge in [0.25, 0.3) is 5.91 Å². The smallest absolute Gasteiger partial charge is 0.258 e. The normalized spacial score (nSPS) is 10.8. The van der Waals surface area contributed by atoms with Crippen LogP contribution in [0, 0.1) is 0 Å². The molecule has 0 aliphatic carbocycles. The number of aromatic nitrogens is 1. The van der Waals surface area contributed by atoms with E-state index in [9.17, 15) is 4.79 Å². The van der Waals surface area contributed by atoms with Gasteiger partial charge in [0.15, 0.2) is 0 Å². The lowest BCUT2D eigenvalue weighted by Gasteiger charge is -2.14. The van der Waals surface area contributed by atoms with E-state index in [1.807, 2.05) is 12.1 Å². The summed E-state index contributed by atoms with van der Waals surface area (Å²) in [7, 11) is 0. The molecule has 1 heterocycles. The van der Waals surface area contributed by atoms with Gasteiger partial charge in [-0.3, -0.25) is 15.6 Å². The lowest BCUT2D eigenvalue weighted by atomic mass is 10.0. The van der Waals surface area contributed by atoms with Crippen LogP contribution in [0.5, 0.6) is 0 Å². The van der Waals surface area contributed by atoms with Crippen molar-refractivity contribution in [3.8, 4) is 0 Å². The number of carbonyl (C=O) groups excluding carboxylic acids is 1. The van der Waals surface area contributed by atoms with Crippen LogP contribution in [0.4, 0.5) is 11.4 Å². The van der Waals surface area contributed by atoms with Crippen LogP contribution < -0.4 is 16.6 Å². The van der Waals surface area contributed by atoms with Gasteiger partial charge in [-0.05, 0) is 30.2 Å². The van der Waals surface area contributed by atoms with E-state index in [4.69, 9.17) is 29.0 Å². The lowest BCUT2D eigenvalue weighted by Crippen LogP contribution is -2.14. The van der Waals surface area contributed by atoms with Crippen molar-refractivity contribution < 1.29 is 4.79 Å². The molecule has 1 aromatic heterocycles. The maximum absolute atomic E-state index is 12.7. The third kappa shape index (κ3) is 3.46. The van der Waals surface area contributed by atoms with Crippen LogP contribution in [-0.4, -0.2) is 10.9 Å². The molecular weight excluding hydrogens is 371 g/mol. The number of hydrazine groups is 1. The molecule has 1 amide bonds. The zero-order valence-corrected chi connectivity index (χ0v) is 15.7. The van der Waals surface area contributed by atoms with Crippen molar-refractivity contribution in [2.75, 3.05) is 10.7 Å². The predicted octanol–water partition coefficient (Wildman–Crippen LogP) is 5.03. The van der Waals surface area contributed by atoms with Crippen molar-refractivity contribution in [1.29, 1.82) is 0 Å². The second-order valence-corrected chi connectivity index (χ2v) is 6.62. The van der Waals surface area contributed by atoms with Gasteiger partial charge in [0.2, 0.25) is 0 Å². The molecule has 0 unspecified atom stereocenters. The van der Waals surface area contributed by atoms with Crippen molar-refractivity contribution in [2.24, 2.45) is 5.84 Å². The van der Waals surface area contributed by atoms with Crippen molar-refractivity contribution in [3.05, 3.63) is 63.8 Å².